The van der Waals surface area contributed by atoms with Crippen LogP contribution in [0.15, 0.2) is 39.6 Å². The Morgan fingerprint density at radius 1 is 1.26 bits per heavy atom. The number of aromatic carboxylic acids is 1. The van der Waals surface area contributed by atoms with Crippen LogP contribution in [0.1, 0.15) is 41.6 Å². The number of nitrogens with zero attached hydrogens (tertiary/aromatic N) is 1. The molecule has 0 atom stereocenters. The molecule has 1 aromatic carbocycles. The predicted molar refractivity (Wildman–Crippen MR) is 86.5 cm³/mol. The fourth-order valence-corrected chi connectivity index (χ4v) is 3.54. The number of hydrogen-bond acceptors (Lipinski definition) is 4. The summed E-state index contributed by atoms with van der Waals surface area (Å²) < 4.78 is 31.6. The van der Waals surface area contributed by atoms with E-state index in [1.807, 2.05) is 19.9 Å². The zero-order valence-corrected chi connectivity index (χ0v) is 14.2. The molecule has 0 saturated carbocycles. The maximum atomic E-state index is 12.7. The van der Waals surface area contributed by atoms with Crippen LogP contribution >= 0.6 is 0 Å². The first kappa shape index (κ1) is 17.1. The van der Waals surface area contributed by atoms with Crippen LogP contribution in [0.2, 0.25) is 0 Å². The third-order valence-electron chi connectivity index (χ3n) is 3.62. The number of furan rings is 1. The second-order valence-corrected chi connectivity index (χ2v) is 7.50. The van der Waals surface area contributed by atoms with Gasteiger partial charge in [-0.25, -0.2) is 13.2 Å². The summed E-state index contributed by atoms with van der Waals surface area (Å²) in [5, 5.41) is 8.94. The van der Waals surface area contributed by atoms with Gasteiger partial charge in [0, 0.05) is 13.1 Å². The van der Waals surface area contributed by atoms with E-state index in [9.17, 15) is 13.2 Å². The summed E-state index contributed by atoms with van der Waals surface area (Å²) in [5.74, 6) is -1.39. The summed E-state index contributed by atoms with van der Waals surface area (Å²) in [6, 6.07) is 8.25. The molecule has 0 radical (unpaired) electrons. The normalized spacial score (nSPS) is 11.7. The largest absolute Gasteiger partial charge is 0.475 e. The fourth-order valence-electron chi connectivity index (χ4n) is 2.19. The monoisotopic (exact) mass is 337 g/mol. The molecule has 0 spiro atoms. The summed E-state index contributed by atoms with van der Waals surface area (Å²) >= 11 is 0. The van der Waals surface area contributed by atoms with E-state index in [0.29, 0.717) is 5.69 Å². The van der Waals surface area contributed by atoms with Crippen molar-refractivity contribution < 1.29 is 22.7 Å². The van der Waals surface area contributed by atoms with Crippen LogP contribution in [0.5, 0.6) is 0 Å². The third-order valence-corrected chi connectivity index (χ3v) is 5.51. The van der Waals surface area contributed by atoms with Gasteiger partial charge in [-0.2, -0.15) is 0 Å². The van der Waals surface area contributed by atoms with Gasteiger partial charge >= 0.3 is 5.97 Å². The van der Waals surface area contributed by atoms with E-state index in [1.54, 1.807) is 18.2 Å². The van der Waals surface area contributed by atoms with Gasteiger partial charge in [0.15, 0.2) is 0 Å². The van der Waals surface area contributed by atoms with E-state index in [4.69, 9.17) is 9.52 Å². The second kappa shape index (κ2) is 6.08. The Morgan fingerprint density at radius 2 is 1.91 bits per heavy atom. The topological polar surface area (TPSA) is 87.8 Å². The number of benzene rings is 1. The molecule has 23 heavy (non-hydrogen) atoms. The van der Waals surface area contributed by atoms with E-state index >= 15 is 0 Å². The van der Waals surface area contributed by atoms with Gasteiger partial charge in [0.2, 0.25) is 5.76 Å². The highest BCUT2D eigenvalue weighted by atomic mass is 32.2. The van der Waals surface area contributed by atoms with Crippen molar-refractivity contribution in [1.82, 2.24) is 0 Å². The number of aryl methyl sites for hydroxylation is 1. The molecule has 2 aromatic rings. The average Bonchev–Trinajstić information content (AvgIpc) is 2.89. The maximum Gasteiger partial charge on any atom is 0.371 e. The van der Waals surface area contributed by atoms with Crippen molar-refractivity contribution in [1.29, 1.82) is 0 Å². The van der Waals surface area contributed by atoms with Crippen LogP contribution < -0.4 is 4.31 Å². The number of anilines is 1. The standard InChI is InChI=1S/C16H19NO5S/c1-10(2)12-6-5-7-13(8-12)17(4)23(20,21)15-9-14(16(18)19)22-11(15)3/h5-10H,1-4H3,(H,18,19). The zero-order valence-electron chi connectivity index (χ0n) is 13.4. The van der Waals surface area contributed by atoms with Crippen LogP contribution in [0.4, 0.5) is 5.69 Å². The van der Waals surface area contributed by atoms with Gasteiger partial charge in [0.05, 0.1) is 5.69 Å². The Hall–Kier alpha value is -2.28. The van der Waals surface area contributed by atoms with Crippen LogP contribution in [0, 0.1) is 6.92 Å². The predicted octanol–water partition coefficient (Wildman–Crippen LogP) is 3.23. The molecule has 1 aromatic heterocycles. The second-order valence-electron chi connectivity index (χ2n) is 5.56. The van der Waals surface area contributed by atoms with Gasteiger partial charge in [-0.3, -0.25) is 4.31 Å². The molecule has 0 amide bonds. The Kier molecular flexibility index (Phi) is 4.51. The van der Waals surface area contributed by atoms with Gasteiger partial charge in [-0.1, -0.05) is 26.0 Å². The Balaban J connectivity index is 2.47. The molecule has 0 bridgehead atoms. The Bertz CT molecular complexity index is 836. The Morgan fingerprint density at radius 3 is 2.43 bits per heavy atom. The lowest BCUT2D eigenvalue weighted by molar-refractivity contribution is 0.0661. The summed E-state index contributed by atoms with van der Waals surface area (Å²) in [6.07, 6.45) is 0. The van der Waals surface area contributed by atoms with Gasteiger partial charge in [-0.05, 0) is 30.5 Å². The van der Waals surface area contributed by atoms with E-state index < -0.39 is 21.8 Å². The van der Waals surface area contributed by atoms with Crippen LogP contribution in [-0.2, 0) is 10.0 Å². The van der Waals surface area contributed by atoms with Crippen molar-refractivity contribution in [3.63, 3.8) is 0 Å². The molecule has 1 heterocycles. The molecule has 0 saturated heterocycles. The number of carbonyl (C=O) groups is 1. The molecule has 0 fully saturated rings. The summed E-state index contributed by atoms with van der Waals surface area (Å²) in [4.78, 5) is 10.8. The summed E-state index contributed by atoms with van der Waals surface area (Å²) in [5.41, 5.74) is 1.52. The van der Waals surface area contributed by atoms with E-state index in [1.165, 1.54) is 14.0 Å². The first-order valence-electron chi connectivity index (χ1n) is 7.07. The minimum absolute atomic E-state index is 0.0502. The highest BCUT2D eigenvalue weighted by Crippen LogP contribution is 2.28. The lowest BCUT2D eigenvalue weighted by Crippen LogP contribution is -2.26. The molecule has 0 aliphatic carbocycles. The maximum absolute atomic E-state index is 12.7. The smallest absolute Gasteiger partial charge is 0.371 e. The highest BCUT2D eigenvalue weighted by molar-refractivity contribution is 7.92. The molecule has 7 heteroatoms. The number of carboxylic acids is 1. The van der Waals surface area contributed by atoms with Crippen LogP contribution in [0.25, 0.3) is 0 Å². The van der Waals surface area contributed by atoms with Gasteiger partial charge < -0.3 is 9.52 Å². The molecule has 0 aliphatic heterocycles. The van der Waals surface area contributed by atoms with Crippen LogP contribution in [0.3, 0.4) is 0 Å². The molecule has 1 N–H and O–H groups in total. The minimum atomic E-state index is -3.90. The highest BCUT2D eigenvalue weighted by Gasteiger charge is 2.28. The zero-order chi connectivity index (χ0) is 17.4. The molecule has 2 rings (SSSR count). The molecular formula is C16H19NO5S. The summed E-state index contributed by atoms with van der Waals surface area (Å²) in [7, 11) is -2.47. The fraction of sp³-hybridized carbons (Fsp3) is 0.312. The SMILES string of the molecule is Cc1oc(C(=O)O)cc1S(=O)(=O)N(C)c1cccc(C(C)C)c1. The van der Waals surface area contributed by atoms with E-state index in [-0.39, 0.29) is 16.6 Å². The first-order valence-corrected chi connectivity index (χ1v) is 8.51. The number of carboxylic acid groups (broad SMARTS) is 1. The minimum Gasteiger partial charge on any atom is -0.475 e. The third kappa shape index (κ3) is 3.24. The van der Waals surface area contributed by atoms with Crippen molar-refractivity contribution in [2.24, 2.45) is 0 Å². The molecule has 6 nitrogen and oxygen atoms in total. The number of hydrogen-bond donors (Lipinski definition) is 1. The van der Waals surface area contributed by atoms with Crippen molar-refractivity contribution in [2.45, 2.75) is 31.6 Å². The van der Waals surface area contributed by atoms with Crippen LogP contribution in [-0.4, -0.2) is 26.5 Å². The van der Waals surface area contributed by atoms with Gasteiger partial charge in [0.25, 0.3) is 10.0 Å². The quantitative estimate of drug-likeness (QED) is 0.905. The lowest BCUT2D eigenvalue weighted by atomic mass is 10.0. The molecule has 0 aliphatic rings. The van der Waals surface area contributed by atoms with Crippen molar-refractivity contribution in [2.75, 3.05) is 11.4 Å². The number of sulfonamides is 1. The molecule has 124 valence electrons. The van der Waals surface area contributed by atoms with Crippen molar-refractivity contribution in [3.05, 3.63) is 47.4 Å². The summed E-state index contributed by atoms with van der Waals surface area (Å²) in [6.45, 7) is 5.47. The molecule has 0 unspecified atom stereocenters. The molecular weight excluding hydrogens is 318 g/mol. The van der Waals surface area contributed by atoms with Gasteiger partial charge in [-0.15, -0.1) is 0 Å². The lowest BCUT2D eigenvalue weighted by Gasteiger charge is -2.20. The Labute approximate surface area is 135 Å². The average molecular weight is 337 g/mol. The van der Waals surface area contributed by atoms with Gasteiger partial charge in [0.1, 0.15) is 10.7 Å². The van der Waals surface area contributed by atoms with Crippen molar-refractivity contribution in [3.8, 4) is 0 Å². The van der Waals surface area contributed by atoms with E-state index in [2.05, 4.69) is 0 Å². The van der Waals surface area contributed by atoms with E-state index in [0.717, 1.165) is 15.9 Å². The van der Waals surface area contributed by atoms with Crippen molar-refractivity contribution >= 4 is 21.7 Å². The first-order chi connectivity index (χ1) is 10.6. The number of rotatable bonds is 5.